The van der Waals surface area contributed by atoms with Crippen molar-refractivity contribution in [3.63, 3.8) is 0 Å². The van der Waals surface area contributed by atoms with Crippen molar-refractivity contribution in [2.45, 2.75) is 19.8 Å². The van der Waals surface area contributed by atoms with Crippen molar-refractivity contribution in [1.82, 2.24) is 4.98 Å². The fourth-order valence-corrected chi connectivity index (χ4v) is 3.42. The molecule has 0 spiro atoms. The van der Waals surface area contributed by atoms with Crippen molar-refractivity contribution in [2.24, 2.45) is 0 Å². The molecule has 0 saturated heterocycles. The lowest BCUT2D eigenvalue weighted by Gasteiger charge is -2.12. The highest BCUT2D eigenvalue weighted by Gasteiger charge is 2.14. The van der Waals surface area contributed by atoms with Crippen LogP contribution in [0.25, 0.3) is 22.4 Å². The van der Waals surface area contributed by atoms with E-state index in [1.165, 1.54) is 5.56 Å². The second kappa shape index (κ2) is 8.73. The van der Waals surface area contributed by atoms with E-state index in [4.69, 9.17) is 10.5 Å². The Morgan fingerprint density at radius 1 is 0.839 bits per heavy atom. The molecule has 152 valence electrons. The number of ether oxygens (including phenoxy) is 1. The Kier molecular flexibility index (Phi) is 5.68. The Morgan fingerprint density at radius 3 is 2.06 bits per heavy atom. The van der Waals surface area contributed by atoms with E-state index in [0.717, 1.165) is 28.2 Å². The van der Waals surface area contributed by atoms with Crippen LogP contribution >= 0.6 is 0 Å². The zero-order chi connectivity index (χ0) is 21.8. The van der Waals surface area contributed by atoms with Gasteiger partial charge in [-0.3, -0.25) is 0 Å². The van der Waals surface area contributed by atoms with Gasteiger partial charge in [-0.2, -0.15) is 5.26 Å². The number of benzene rings is 3. The summed E-state index contributed by atoms with van der Waals surface area (Å²) < 4.78 is 5.86. The number of nitriles is 1. The fraction of sp³-hybridized carbons (Fsp3) is 0.111. The van der Waals surface area contributed by atoms with E-state index in [1.807, 2.05) is 72.8 Å². The first-order chi connectivity index (χ1) is 15.0. The third-order valence-corrected chi connectivity index (χ3v) is 5.18. The number of anilines is 1. The maximum Gasteiger partial charge on any atom is 0.142 e. The van der Waals surface area contributed by atoms with E-state index in [0.29, 0.717) is 17.2 Å². The zero-order valence-electron chi connectivity index (χ0n) is 17.5. The van der Waals surface area contributed by atoms with Crippen LogP contribution in [0.2, 0.25) is 0 Å². The second-order valence-electron chi connectivity index (χ2n) is 7.64. The second-order valence-corrected chi connectivity index (χ2v) is 7.64. The van der Waals surface area contributed by atoms with E-state index in [1.54, 1.807) is 0 Å². The van der Waals surface area contributed by atoms with E-state index in [2.05, 4.69) is 37.0 Å². The van der Waals surface area contributed by atoms with Crippen LogP contribution in [-0.2, 0) is 0 Å². The van der Waals surface area contributed by atoms with Crippen LogP contribution in [0.3, 0.4) is 0 Å². The number of nitrogens with two attached hydrogens (primary N) is 1. The summed E-state index contributed by atoms with van der Waals surface area (Å²) in [6.45, 7) is 4.31. The van der Waals surface area contributed by atoms with E-state index in [9.17, 15) is 5.26 Å². The zero-order valence-corrected chi connectivity index (χ0v) is 17.5. The van der Waals surface area contributed by atoms with Crippen molar-refractivity contribution < 1.29 is 4.74 Å². The van der Waals surface area contributed by atoms with Crippen LogP contribution in [-0.4, -0.2) is 4.98 Å². The lowest BCUT2D eigenvalue weighted by molar-refractivity contribution is 0.483. The smallest absolute Gasteiger partial charge is 0.142 e. The summed E-state index contributed by atoms with van der Waals surface area (Å²) >= 11 is 0. The van der Waals surface area contributed by atoms with Crippen LogP contribution in [0.4, 0.5) is 5.82 Å². The van der Waals surface area contributed by atoms with E-state index < -0.39 is 0 Å². The number of hydrogen-bond donors (Lipinski definition) is 1. The summed E-state index contributed by atoms with van der Waals surface area (Å²) in [5.74, 6) is 2.19. The molecule has 0 bridgehead atoms. The highest BCUT2D eigenvalue weighted by atomic mass is 16.5. The molecule has 0 aliphatic heterocycles. The Morgan fingerprint density at radius 2 is 1.45 bits per heavy atom. The molecule has 1 aromatic heterocycles. The molecule has 4 heteroatoms. The number of nitrogens with zero attached hydrogens (tertiary/aromatic N) is 2. The minimum absolute atomic E-state index is 0.229. The molecule has 0 radical (unpaired) electrons. The SMILES string of the molecule is CC(C)c1ccc(-c2cc(-c3ccc(Oc4ccccc4)cc3)nc(N)c2C#N)cc1. The standard InChI is InChI=1S/C27H23N3O/c1-18(2)19-8-10-20(11-9-19)24-16-26(30-27(29)25(24)17-28)21-12-14-23(15-13-21)31-22-6-4-3-5-7-22/h3-16,18H,1-2H3,(H2,29,30). The molecule has 0 aliphatic rings. The third kappa shape index (κ3) is 4.41. The molecule has 0 saturated carbocycles. The molecule has 0 unspecified atom stereocenters. The molecule has 4 rings (SSSR count). The third-order valence-electron chi connectivity index (χ3n) is 5.18. The van der Waals surface area contributed by atoms with Gasteiger partial charge in [-0.25, -0.2) is 4.98 Å². The average molecular weight is 406 g/mol. The fourth-order valence-electron chi connectivity index (χ4n) is 3.42. The van der Waals surface area contributed by atoms with Gasteiger partial charge in [0.15, 0.2) is 0 Å². The lowest BCUT2D eigenvalue weighted by Crippen LogP contribution is -2.00. The Hall–Kier alpha value is -4.10. The van der Waals surface area contributed by atoms with Gasteiger partial charge >= 0.3 is 0 Å². The summed E-state index contributed by atoms with van der Waals surface area (Å²) in [6.07, 6.45) is 0. The van der Waals surface area contributed by atoms with E-state index in [-0.39, 0.29) is 5.82 Å². The van der Waals surface area contributed by atoms with Gasteiger partial charge < -0.3 is 10.5 Å². The van der Waals surface area contributed by atoms with Crippen molar-refractivity contribution in [3.8, 4) is 40.0 Å². The average Bonchev–Trinajstić information content (AvgIpc) is 2.80. The van der Waals surface area contributed by atoms with Crippen LogP contribution in [0.5, 0.6) is 11.5 Å². The quantitative estimate of drug-likeness (QED) is 0.397. The van der Waals surface area contributed by atoms with Gasteiger partial charge in [0.05, 0.1) is 5.69 Å². The highest BCUT2D eigenvalue weighted by molar-refractivity contribution is 5.80. The van der Waals surface area contributed by atoms with E-state index >= 15 is 0 Å². The number of rotatable bonds is 5. The molecule has 31 heavy (non-hydrogen) atoms. The molecule has 0 amide bonds. The van der Waals surface area contributed by atoms with Gasteiger partial charge in [-0.15, -0.1) is 0 Å². The Bertz CT molecular complexity index is 1220. The maximum absolute atomic E-state index is 9.65. The summed E-state index contributed by atoms with van der Waals surface area (Å²) in [7, 11) is 0. The molecule has 4 aromatic rings. The van der Waals surface area contributed by atoms with Crippen LogP contribution < -0.4 is 10.5 Å². The minimum Gasteiger partial charge on any atom is -0.457 e. The molecule has 0 atom stereocenters. The van der Waals surface area contributed by atoms with Crippen molar-refractivity contribution >= 4 is 5.82 Å². The Balaban J connectivity index is 1.68. The topological polar surface area (TPSA) is 71.9 Å². The Labute approximate surface area is 182 Å². The minimum atomic E-state index is 0.229. The van der Waals surface area contributed by atoms with Crippen molar-refractivity contribution in [2.75, 3.05) is 5.73 Å². The van der Waals surface area contributed by atoms with Crippen molar-refractivity contribution in [3.05, 3.63) is 96.1 Å². The monoisotopic (exact) mass is 405 g/mol. The first-order valence-electron chi connectivity index (χ1n) is 10.2. The molecule has 3 aromatic carbocycles. The van der Waals surface area contributed by atoms with Gasteiger partial charge in [0.25, 0.3) is 0 Å². The van der Waals surface area contributed by atoms with Gasteiger partial charge in [0.1, 0.15) is 28.9 Å². The maximum atomic E-state index is 9.65. The summed E-state index contributed by atoms with van der Waals surface area (Å²) in [4.78, 5) is 4.47. The highest BCUT2D eigenvalue weighted by Crippen LogP contribution is 2.33. The van der Waals surface area contributed by atoms with Gasteiger partial charge in [0.2, 0.25) is 0 Å². The number of nitrogen functional groups attached to an aromatic ring is 1. The summed E-state index contributed by atoms with van der Waals surface area (Å²) in [5, 5.41) is 9.65. The van der Waals surface area contributed by atoms with Crippen LogP contribution in [0.15, 0.2) is 84.9 Å². The molecule has 1 heterocycles. The lowest BCUT2D eigenvalue weighted by atomic mass is 9.95. The first kappa shape index (κ1) is 20.2. The van der Waals surface area contributed by atoms with Gasteiger partial charge in [-0.05, 0) is 59.5 Å². The molecule has 0 fully saturated rings. The largest absolute Gasteiger partial charge is 0.457 e. The van der Waals surface area contributed by atoms with Crippen molar-refractivity contribution in [1.29, 1.82) is 5.26 Å². The van der Waals surface area contributed by atoms with Gasteiger partial charge in [-0.1, -0.05) is 56.3 Å². The number of para-hydroxylation sites is 1. The molecular weight excluding hydrogens is 382 g/mol. The molecular formula is C27H23N3O. The van der Waals surface area contributed by atoms with Crippen LogP contribution in [0, 0.1) is 11.3 Å². The molecule has 2 N–H and O–H groups in total. The summed E-state index contributed by atoms with van der Waals surface area (Å²) in [6, 6.07) is 29.7. The summed E-state index contributed by atoms with van der Waals surface area (Å²) in [5.41, 5.74) is 11.1. The molecule has 4 nitrogen and oxygen atoms in total. The first-order valence-corrected chi connectivity index (χ1v) is 10.2. The molecule has 0 aliphatic carbocycles. The number of hydrogen-bond acceptors (Lipinski definition) is 4. The van der Waals surface area contributed by atoms with Crippen LogP contribution in [0.1, 0.15) is 30.9 Å². The number of aromatic nitrogens is 1. The predicted molar refractivity (Wildman–Crippen MR) is 125 cm³/mol. The van der Waals surface area contributed by atoms with Gasteiger partial charge in [0, 0.05) is 11.1 Å². The number of pyridine rings is 1. The normalized spacial score (nSPS) is 10.6. The predicted octanol–water partition coefficient (Wildman–Crippen LogP) is 6.79.